The Hall–Kier alpha value is -2.32. The fraction of sp³-hybridized carbons (Fsp3) is 0.300. The molecule has 0 spiro atoms. The van der Waals surface area contributed by atoms with Crippen LogP contribution < -0.4 is 5.73 Å². The molecule has 0 saturated carbocycles. The molecule has 3 N–H and O–H groups in total. The smallest absolute Gasteiger partial charge is 0.271 e. The number of amidine groups is 1. The summed E-state index contributed by atoms with van der Waals surface area (Å²) >= 11 is 0. The average molecular weight is 273 g/mol. The molecular formula is C10H10F3N5O. The number of halogens is 3. The molecule has 6 nitrogen and oxygen atoms in total. The maximum atomic E-state index is 13.1. The summed E-state index contributed by atoms with van der Waals surface area (Å²) in [5.41, 5.74) is 5.86. The van der Waals surface area contributed by atoms with Crippen LogP contribution in [-0.2, 0) is 6.54 Å². The molecule has 2 rings (SSSR count). The van der Waals surface area contributed by atoms with Crippen LogP contribution in [0.25, 0.3) is 11.4 Å². The molecule has 0 aliphatic heterocycles. The van der Waals surface area contributed by atoms with Gasteiger partial charge in [-0.1, -0.05) is 5.16 Å². The van der Waals surface area contributed by atoms with Gasteiger partial charge in [-0.15, -0.1) is 0 Å². The normalized spacial score (nSPS) is 12.8. The predicted octanol–water partition coefficient (Wildman–Crippen LogP) is 1.43. The Balaban J connectivity index is 2.38. The van der Waals surface area contributed by atoms with E-state index in [0.29, 0.717) is 5.69 Å². The van der Waals surface area contributed by atoms with Crippen LogP contribution in [0.15, 0.2) is 22.9 Å². The largest absolute Gasteiger partial charge is 0.382 e. The molecule has 0 amide bonds. The van der Waals surface area contributed by atoms with E-state index < -0.39 is 19.1 Å². The monoisotopic (exact) mass is 273 g/mol. The van der Waals surface area contributed by atoms with E-state index in [0.717, 1.165) is 4.68 Å². The average Bonchev–Trinajstić information content (AvgIpc) is 2.96. The standard InChI is InChI=1S/C10H10F3N5O/c11-5(9(12)13)4-18-8(6-1-2-19-17-6)3-7(16-18)10(14)15/h1-3,5,9H,4H2,(H3,14,15). The lowest BCUT2D eigenvalue weighted by molar-refractivity contribution is 0.0389. The second-order valence-corrected chi connectivity index (χ2v) is 3.75. The van der Waals surface area contributed by atoms with Crippen molar-refractivity contribution < 1.29 is 17.7 Å². The molecule has 0 aliphatic rings. The Labute approximate surface area is 105 Å². The highest BCUT2D eigenvalue weighted by Gasteiger charge is 2.23. The zero-order chi connectivity index (χ0) is 14.0. The summed E-state index contributed by atoms with van der Waals surface area (Å²) < 4.78 is 43.2. The van der Waals surface area contributed by atoms with Crippen molar-refractivity contribution in [1.82, 2.24) is 14.9 Å². The van der Waals surface area contributed by atoms with E-state index >= 15 is 0 Å². The molecule has 0 radical (unpaired) electrons. The third-order valence-corrected chi connectivity index (χ3v) is 2.38. The first-order valence-corrected chi connectivity index (χ1v) is 5.24. The number of nitrogens with one attached hydrogen (secondary N) is 1. The van der Waals surface area contributed by atoms with Crippen LogP contribution in [-0.4, -0.2) is 33.4 Å². The van der Waals surface area contributed by atoms with Gasteiger partial charge in [0.25, 0.3) is 6.43 Å². The lowest BCUT2D eigenvalue weighted by Gasteiger charge is -2.09. The predicted molar refractivity (Wildman–Crippen MR) is 59.6 cm³/mol. The Morgan fingerprint density at radius 1 is 1.47 bits per heavy atom. The molecule has 9 heteroatoms. The number of aromatic nitrogens is 3. The molecule has 0 aliphatic carbocycles. The van der Waals surface area contributed by atoms with E-state index in [1.165, 1.54) is 18.4 Å². The number of rotatable bonds is 5. The van der Waals surface area contributed by atoms with Gasteiger partial charge in [0.1, 0.15) is 23.5 Å². The Morgan fingerprint density at radius 2 is 2.21 bits per heavy atom. The Morgan fingerprint density at radius 3 is 2.74 bits per heavy atom. The van der Waals surface area contributed by atoms with Gasteiger partial charge >= 0.3 is 0 Å². The van der Waals surface area contributed by atoms with E-state index in [1.54, 1.807) is 0 Å². The van der Waals surface area contributed by atoms with Crippen LogP contribution in [0, 0.1) is 5.41 Å². The SMILES string of the molecule is N=C(N)c1cc(-c2ccon2)n(CC(F)C(F)F)n1. The molecule has 1 atom stereocenters. The minimum Gasteiger partial charge on any atom is -0.382 e. The third-order valence-electron chi connectivity index (χ3n) is 2.38. The van der Waals surface area contributed by atoms with Gasteiger partial charge in [-0.25, -0.2) is 13.2 Å². The van der Waals surface area contributed by atoms with Gasteiger partial charge in [-0.2, -0.15) is 5.10 Å². The summed E-state index contributed by atoms with van der Waals surface area (Å²) in [6, 6.07) is 2.82. The first-order valence-electron chi connectivity index (χ1n) is 5.24. The molecule has 102 valence electrons. The second-order valence-electron chi connectivity index (χ2n) is 3.75. The van der Waals surface area contributed by atoms with Gasteiger partial charge in [-0.3, -0.25) is 10.1 Å². The highest BCUT2D eigenvalue weighted by molar-refractivity contribution is 5.93. The molecule has 2 aromatic rings. The molecule has 2 aromatic heterocycles. The number of nitrogens with two attached hydrogens (primary N) is 1. The van der Waals surface area contributed by atoms with Crippen molar-refractivity contribution in [3.05, 3.63) is 24.1 Å². The van der Waals surface area contributed by atoms with E-state index in [-0.39, 0.29) is 17.2 Å². The van der Waals surface area contributed by atoms with Crippen molar-refractivity contribution in [1.29, 1.82) is 5.41 Å². The number of nitrogens with zero attached hydrogens (tertiary/aromatic N) is 3. The lowest BCUT2D eigenvalue weighted by atomic mass is 10.2. The zero-order valence-electron chi connectivity index (χ0n) is 9.55. The molecule has 1 unspecified atom stereocenters. The van der Waals surface area contributed by atoms with E-state index in [9.17, 15) is 13.2 Å². The summed E-state index contributed by atoms with van der Waals surface area (Å²) in [6.45, 7) is -0.660. The van der Waals surface area contributed by atoms with E-state index in [1.807, 2.05) is 0 Å². The highest BCUT2D eigenvalue weighted by atomic mass is 19.3. The summed E-state index contributed by atoms with van der Waals surface area (Å²) in [6.07, 6.45) is -4.21. The summed E-state index contributed by atoms with van der Waals surface area (Å²) in [5.74, 6) is -0.351. The number of alkyl halides is 3. The number of hydrogen-bond donors (Lipinski definition) is 2. The van der Waals surface area contributed by atoms with Crippen molar-refractivity contribution in [2.24, 2.45) is 5.73 Å². The van der Waals surface area contributed by atoms with Crippen molar-refractivity contribution >= 4 is 5.84 Å². The van der Waals surface area contributed by atoms with Gasteiger partial charge in [0, 0.05) is 6.07 Å². The quantitative estimate of drug-likeness (QED) is 0.636. The fourth-order valence-corrected chi connectivity index (χ4v) is 1.48. The molecule has 0 saturated heterocycles. The lowest BCUT2D eigenvalue weighted by Crippen LogP contribution is -2.21. The van der Waals surface area contributed by atoms with Crippen LogP contribution in [0.3, 0.4) is 0 Å². The minimum absolute atomic E-state index is 0.0551. The topological polar surface area (TPSA) is 93.7 Å². The van der Waals surface area contributed by atoms with Crippen LogP contribution in [0.5, 0.6) is 0 Å². The molecular weight excluding hydrogens is 263 g/mol. The van der Waals surface area contributed by atoms with Crippen molar-refractivity contribution in [3.63, 3.8) is 0 Å². The van der Waals surface area contributed by atoms with Gasteiger partial charge in [0.05, 0.1) is 12.2 Å². The highest BCUT2D eigenvalue weighted by Crippen LogP contribution is 2.20. The van der Waals surface area contributed by atoms with Crippen molar-refractivity contribution in [3.8, 4) is 11.4 Å². The Kier molecular flexibility index (Phi) is 3.54. The van der Waals surface area contributed by atoms with E-state index in [2.05, 4.69) is 14.8 Å². The first kappa shape index (κ1) is 13.1. The second kappa shape index (κ2) is 5.12. The first-order chi connectivity index (χ1) is 8.99. The zero-order valence-corrected chi connectivity index (χ0v) is 9.55. The molecule has 2 heterocycles. The maximum Gasteiger partial charge on any atom is 0.271 e. The fourth-order valence-electron chi connectivity index (χ4n) is 1.48. The third kappa shape index (κ3) is 2.75. The van der Waals surface area contributed by atoms with Gasteiger partial charge < -0.3 is 10.3 Å². The molecule has 19 heavy (non-hydrogen) atoms. The van der Waals surface area contributed by atoms with Crippen LogP contribution in [0.2, 0.25) is 0 Å². The molecule has 0 aromatic carbocycles. The molecule has 0 bridgehead atoms. The van der Waals surface area contributed by atoms with Gasteiger partial charge in [-0.05, 0) is 6.07 Å². The van der Waals surface area contributed by atoms with E-state index in [4.69, 9.17) is 11.1 Å². The van der Waals surface area contributed by atoms with Crippen molar-refractivity contribution in [2.45, 2.75) is 19.1 Å². The molecule has 0 fully saturated rings. The van der Waals surface area contributed by atoms with Gasteiger partial charge in [0.2, 0.25) is 0 Å². The van der Waals surface area contributed by atoms with Gasteiger partial charge in [0.15, 0.2) is 6.17 Å². The van der Waals surface area contributed by atoms with Crippen LogP contribution in [0.1, 0.15) is 5.69 Å². The summed E-state index contributed by atoms with van der Waals surface area (Å²) in [7, 11) is 0. The van der Waals surface area contributed by atoms with Crippen LogP contribution in [0.4, 0.5) is 13.2 Å². The Bertz CT molecular complexity index is 566. The summed E-state index contributed by atoms with van der Waals surface area (Å²) in [5, 5.41) is 14.7. The minimum atomic E-state index is -3.12. The number of nitrogen functional groups attached to an aromatic ring is 1. The van der Waals surface area contributed by atoms with Crippen LogP contribution >= 0.6 is 0 Å². The number of hydrogen-bond acceptors (Lipinski definition) is 4. The summed E-state index contributed by atoms with van der Waals surface area (Å²) in [4.78, 5) is 0. The van der Waals surface area contributed by atoms with Crippen molar-refractivity contribution in [2.75, 3.05) is 0 Å². The maximum absolute atomic E-state index is 13.1.